The van der Waals surface area contributed by atoms with Crippen molar-refractivity contribution in [2.75, 3.05) is 31.1 Å². The highest BCUT2D eigenvalue weighted by Gasteiger charge is 2.20. The summed E-state index contributed by atoms with van der Waals surface area (Å²) in [6, 6.07) is 6.58. The van der Waals surface area contributed by atoms with E-state index in [0.29, 0.717) is 13.0 Å². The van der Waals surface area contributed by atoms with Crippen LogP contribution in [-0.2, 0) is 11.2 Å². The van der Waals surface area contributed by atoms with Crippen LogP contribution in [0.15, 0.2) is 24.3 Å². The molecule has 1 aliphatic rings. The molecule has 25 heavy (non-hydrogen) atoms. The summed E-state index contributed by atoms with van der Waals surface area (Å²) in [7, 11) is 0. The molecule has 5 nitrogen and oxygen atoms in total. The molecule has 6 heteroatoms. The Morgan fingerprint density at radius 3 is 2.60 bits per heavy atom. The summed E-state index contributed by atoms with van der Waals surface area (Å²) in [6.45, 7) is 7.11. The summed E-state index contributed by atoms with van der Waals surface area (Å²) in [6.07, 6.45) is 2.16. The number of amides is 1. The molecule has 2 heterocycles. The van der Waals surface area contributed by atoms with Gasteiger partial charge in [0.15, 0.2) is 0 Å². The van der Waals surface area contributed by atoms with Crippen LogP contribution in [0.5, 0.6) is 0 Å². The van der Waals surface area contributed by atoms with Gasteiger partial charge in [0, 0.05) is 44.0 Å². The van der Waals surface area contributed by atoms with Crippen LogP contribution in [0.3, 0.4) is 0 Å². The van der Waals surface area contributed by atoms with Crippen LogP contribution < -0.4 is 4.90 Å². The lowest BCUT2D eigenvalue weighted by Crippen LogP contribution is -2.35. The predicted molar refractivity (Wildman–Crippen MR) is 96.2 cm³/mol. The van der Waals surface area contributed by atoms with E-state index in [1.807, 2.05) is 18.7 Å². The molecule has 0 aliphatic carbocycles. The summed E-state index contributed by atoms with van der Waals surface area (Å²) in [5.74, 6) is -0.0267. The number of hydrogen-bond donors (Lipinski definition) is 1. The fraction of sp³-hybridized carbons (Fsp3) is 0.474. The molecule has 134 valence electrons. The van der Waals surface area contributed by atoms with E-state index in [0.717, 1.165) is 55.1 Å². The summed E-state index contributed by atoms with van der Waals surface area (Å²) in [5, 5.41) is 7.16. The second kappa shape index (κ2) is 7.68. The Labute approximate surface area is 147 Å². The normalized spacial score (nSPS) is 15.3. The summed E-state index contributed by atoms with van der Waals surface area (Å²) >= 11 is 0. The summed E-state index contributed by atoms with van der Waals surface area (Å²) in [4.78, 5) is 16.8. The van der Waals surface area contributed by atoms with Gasteiger partial charge in [0.25, 0.3) is 0 Å². The first-order valence-corrected chi connectivity index (χ1v) is 8.83. The highest BCUT2D eigenvalue weighted by Crippen LogP contribution is 2.18. The molecule has 1 aromatic heterocycles. The molecule has 0 saturated carbocycles. The molecular formula is C19H25FN4O. The van der Waals surface area contributed by atoms with Crippen LogP contribution in [0, 0.1) is 19.7 Å². The highest BCUT2D eigenvalue weighted by atomic mass is 19.1. The number of benzene rings is 1. The number of aromatic amines is 1. The Kier molecular flexibility index (Phi) is 5.36. The van der Waals surface area contributed by atoms with E-state index in [2.05, 4.69) is 15.1 Å². The molecule has 0 radical (unpaired) electrons. The first-order chi connectivity index (χ1) is 12.0. The van der Waals surface area contributed by atoms with Gasteiger partial charge in [0.2, 0.25) is 5.91 Å². The van der Waals surface area contributed by atoms with Gasteiger partial charge in [-0.25, -0.2) is 4.39 Å². The van der Waals surface area contributed by atoms with Crippen LogP contribution in [0.4, 0.5) is 10.1 Å². The van der Waals surface area contributed by atoms with Gasteiger partial charge in [-0.05, 0) is 56.5 Å². The van der Waals surface area contributed by atoms with Crippen molar-refractivity contribution >= 4 is 11.6 Å². The maximum atomic E-state index is 13.1. The van der Waals surface area contributed by atoms with E-state index in [9.17, 15) is 9.18 Å². The summed E-state index contributed by atoms with van der Waals surface area (Å²) < 4.78 is 13.1. The van der Waals surface area contributed by atoms with Crippen LogP contribution in [-0.4, -0.2) is 47.2 Å². The van der Waals surface area contributed by atoms with Gasteiger partial charge in [-0.15, -0.1) is 0 Å². The topological polar surface area (TPSA) is 52.2 Å². The third-order valence-corrected chi connectivity index (χ3v) is 4.91. The molecule has 1 aromatic carbocycles. The van der Waals surface area contributed by atoms with E-state index >= 15 is 0 Å². The zero-order valence-corrected chi connectivity index (χ0v) is 14.9. The van der Waals surface area contributed by atoms with Gasteiger partial charge in [-0.2, -0.15) is 5.10 Å². The van der Waals surface area contributed by atoms with E-state index in [1.165, 1.54) is 12.1 Å². The van der Waals surface area contributed by atoms with Gasteiger partial charge >= 0.3 is 0 Å². The van der Waals surface area contributed by atoms with Gasteiger partial charge in [0.1, 0.15) is 5.82 Å². The first-order valence-electron chi connectivity index (χ1n) is 8.83. The van der Waals surface area contributed by atoms with Crippen molar-refractivity contribution in [1.29, 1.82) is 0 Å². The van der Waals surface area contributed by atoms with Crippen LogP contribution in [0.2, 0.25) is 0 Å². The number of hydrogen-bond acceptors (Lipinski definition) is 3. The second-order valence-electron chi connectivity index (χ2n) is 6.61. The van der Waals surface area contributed by atoms with E-state index in [-0.39, 0.29) is 11.7 Å². The largest absolute Gasteiger partial charge is 0.370 e. The Balaban J connectivity index is 1.55. The number of rotatable bonds is 4. The fourth-order valence-electron chi connectivity index (χ4n) is 3.41. The van der Waals surface area contributed by atoms with Crippen molar-refractivity contribution in [3.8, 4) is 0 Å². The average molecular weight is 344 g/mol. The number of nitrogens with one attached hydrogen (secondary N) is 1. The second-order valence-corrected chi connectivity index (χ2v) is 6.61. The smallest absolute Gasteiger partial charge is 0.222 e. The molecule has 2 aromatic rings. The van der Waals surface area contributed by atoms with Crippen LogP contribution >= 0.6 is 0 Å². The van der Waals surface area contributed by atoms with Gasteiger partial charge in [0.05, 0.1) is 5.69 Å². The minimum absolute atomic E-state index is 0.195. The maximum absolute atomic E-state index is 13.1. The monoisotopic (exact) mass is 344 g/mol. The molecule has 1 saturated heterocycles. The third kappa shape index (κ3) is 4.18. The number of H-pyrrole nitrogens is 1. The van der Waals surface area contributed by atoms with Crippen molar-refractivity contribution in [3.63, 3.8) is 0 Å². The number of carbonyl (C=O) groups is 1. The molecule has 1 N–H and O–H groups in total. The fourth-order valence-corrected chi connectivity index (χ4v) is 3.41. The van der Waals surface area contributed by atoms with E-state index in [4.69, 9.17) is 0 Å². The van der Waals surface area contributed by atoms with Crippen LogP contribution in [0.1, 0.15) is 29.8 Å². The number of aromatic nitrogens is 2. The van der Waals surface area contributed by atoms with Gasteiger partial charge in [-0.1, -0.05) is 0 Å². The Hall–Kier alpha value is -2.37. The van der Waals surface area contributed by atoms with E-state index in [1.54, 1.807) is 12.1 Å². The molecule has 0 bridgehead atoms. The quantitative estimate of drug-likeness (QED) is 0.928. The molecule has 0 unspecified atom stereocenters. The van der Waals surface area contributed by atoms with Crippen molar-refractivity contribution in [2.45, 2.75) is 33.1 Å². The molecule has 1 amide bonds. The molecule has 0 spiro atoms. The number of anilines is 1. The zero-order chi connectivity index (χ0) is 17.8. The lowest BCUT2D eigenvalue weighted by atomic mass is 10.1. The Morgan fingerprint density at radius 2 is 1.92 bits per heavy atom. The Bertz CT molecular complexity index is 706. The van der Waals surface area contributed by atoms with Crippen LogP contribution in [0.25, 0.3) is 0 Å². The zero-order valence-electron chi connectivity index (χ0n) is 14.9. The molecule has 0 atom stereocenters. The van der Waals surface area contributed by atoms with Gasteiger partial charge < -0.3 is 9.80 Å². The van der Waals surface area contributed by atoms with Crippen molar-refractivity contribution in [2.24, 2.45) is 0 Å². The number of carbonyl (C=O) groups excluding carboxylic acids is 1. The minimum Gasteiger partial charge on any atom is -0.370 e. The number of nitrogens with zero attached hydrogens (tertiary/aromatic N) is 3. The molecule has 1 fully saturated rings. The number of halogens is 1. The first kappa shape index (κ1) is 17.5. The van der Waals surface area contributed by atoms with Gasteiger partial charge in [-0.3, -0.25) is 9.89 Å². The molecular weight excluding hydrogens is 319 g/mol. The molecule has 1 aliphatic heterocycles. The van der Waals surface area contributed by atoms with Crippen molar-refractivity contribution in [1.82, 2.24) is 15.1 Å². The highest BCUT2D eigenvalue weighted by molar-refractivity contribution is 5.76. The van der Waals surface area contributed by atoms with Crippen molar-refractivity contribution in [3.05, 3.63) is 47.0 Å². The average Bonchev–Trinajstić information content (AvgIpc) is 2.80. The Morgan fingerprint density at radius 1 is 1.16 bits per heavy atom. The summed E-state index contributed by atoms with van der Waals surface area (Å²) in [5.41, 5.74) is 4.18. The predicted octanol–water partition coefficient (Wildman–Crippen LogP) is 2.84. The minimum atomic E-state index is -0.222. The third-order valence-electron chi connectivity index (χ3n) is 4.91. The standard InChI is InChI=1S/C19H25FN4O/c1-14-18(15(2)22-21-14)8-9-19(25)24-11-3-10-23(12-13-24)17-6-4-16(20)5-7-17/h4-7H,3,8-13H2,1-2H3,(H,21,22). The number of aryl methyl sites for hydroxylation is 2. The lowest BCUT2D eigenvalue weighted by molar-refractivity contribution is -0.130. The van der Waals surface area contributed by atoms with Crippen molar-refractivity contribution < 1.29 is 9.18 Å². The lowest BCUT2D eigenvalue weighted by Gasteiger charge is -2.23. The molecule has 3 rings (SSSR count). The van der Waals surface area contributed by atoms with E-state index < -0.39 is 0 Å². The SMILES string of the molecule is Cc1n[nH]c(C)c1CCC(=O)N1CCCN(c2ccc(F)cc2)CC1. The maximum Gasteiger partial charge on any atom is 0.222 e.